The lowest BCUT2D eigenvalue weighted by Crippen LogP contribution is -2.09. The van der Waals surface area contributed by atoms with Gasteiger partial charge >= 0.3 is 0 Å². The number of rotatable bonds is 10. The Labute approximate surface area is 231 Å². The zero-order valence-electron chi connectivity index (χ0n) is 21.5. The summed E-state index contributed by atoms with van der Waals surface area (Å²) in [6.07, 6.45) is 1.52. The van der Waals surface area contributed by atoms with Gasteiger partial charge < -0.3 is 20.1 Å². The molecule has 2 amide bonds. The molecule has 0 aliphatic heterocycles. The first-order valence-corrected chi connectivity index (χ1v) is 13.6. The topological polar surface area (TPSA) is 131 Å². The zero-order chi connectivity index (χ0) is 28.7. The van der Waals surface area contributed by atoms with Crippen LogP contribution in [0.15, 0.2) is 109 Å². The third kappa shape index (κ3) is 7.34. The van der Waals surface area contributed by atoms with E-state index in [0.717, 1.165) is 0 Å². The number of carbonyl (C=O) groups is 2. The van der Waals surface area contributed by atoms with Crippen LogP contribution in [0.5, 0.6) is 23.0 Å². The van der Waals surface area contributed by atoms with E-state index in [1.54, 1.807) is 85.8 Å². The van der Waals surface area contributed by atoms with Crippen LogP contribution in [0.2, 0.25) is 0 Å². The second-order valence-electron chi connectivity index (χ2n) is 8.51. The van der Waals surface area contributed by atoms with Crippen molar-refractivity contribution >= 4 is 33.3 Å². The van der Waals surface area contributed by atoms with E-state index in [1.807, 2.05) is 0 Å². The minimum absolute atomic E-state index is 0.0516. The van der Waals surface area contributed by atoms with Crippen molar-refractivity contribution in [2.24, 2.45) is 0 Å². The monoisotopic (exact) mass is 558 g/mol. The number of benzene rings is 4. The van der Waals surface area contributed by atoms with E-state index < -0.39 is 15.0 Å². The van der Waals surface area contributed by atoms with Crippen LogP contribution in [-0.4, -0.2) is 24.8 Å². The Morgan fingerprint density at radius 3 is 1.80 bits per heavy atom. The molecular weight excluding hydrogens is 532 g/mol. The van der Waals surface area contributed by atoms with Crippen LogP contribution < -0.4 is 20.1 Å². The molecule has 0 fully saturated rings. The number of ether oxygens (including phenoxy) is 2. The van der Waals surface area contributed by atoms with Gasteiger partial charge in [-0.3, -0.25) is 14.1 Å². The first-order valence-electron chi connectivity index (χ1n) is 12.2. The highest BCUT2D eigenvalue weighted by molar-refractivity contribution is 7.86. The van der Waals surface area contributed by atoms with Crippen LogP contribution in [0.25, 0.3) is 11.1 Å². The van der Waals surface area contributed by atoms with E-state index in [0.29, 0.717) is 46.2 Å². The van der Waals surface area contributed by atoms with Crippen molar-refractivity contribution in [3.63, 3.8) is 0 Å². The van der Waals surface area contributed by atoms with Crippen molar-refractivity contribution < 1.29 is 32.0 Å². The van der Waals surface area contributed by atoms with Gasteiger partial charge in [0, 0.05) is 17.8 Å². The predicted molar refractivity (Wildman–Crippen MR) is 152 cm³/mol. The van der Waals surface area contributed by atoms with E-state index in [-0.39, 0.29) is 17.6 Å². The van der Waals surface area contributed by atoms with Gasteiger partial charge in [-0.15, -0.1) is 0 Å². The molecule has 0 radical (unpaired) electrons. The molecule has 204 valence electrons. The maximum absolute atomic E-state index is 12.2. The fourth-order valence-corrected chi connectivity index (χ4v) is 4.25. The van der Waals surface area contributed by atoms with Crippen LogP contribution in [0.3, 0.4) is 0 Å². The number of hydrogen-bond acceptors (Lipinski definition) is 6. The minimum atomic E-state index is -4.61. The lowest BCUT2D eigenvalue weighted by molar-refractivity contribution is -0.116. The normalized spacial score (nSPS) is 10.8. The molecule has 0 heterocycles. The quantitative estimate of drug-likeness (QED) is 0.147. The molecule has 4 aromatic carbocycles. The molecule has 40 heavy (non-hydrogen) atoms. The van der Waals surface area contributed by atoms with Crippen LogP contribution in [0.4, 0.5) is 11.4 Å². The summed E-state index contributed by atoms with van der Waals surface area (Å²) in [6, 6.07) is 24.6. The Morgan fingerprint density at radius 2 is 1.27 bits per heavy atom. The molecule has 0 aliphatic carbocycles. The fourth-order valence-electron chi connectivity index (χ4n) is 3.61. The molecule has 0 spiro atoms. The van der Waals surface area contributed by atoms with Gasteiger partial charge in [0.1, 0.15) is 27.9 Å². The lowest BCUT2D eigenvalue weighted by atomic mass is 10.1. The van der Waals surface area contributed by atoms with Crippen LogP contribution >= 0.6 is 0 Å². The zero-order valence-corrected chi connectivity index (χ0v) is 22.3. The number of nitrogens with one attached hydrogen (secondary N) is 2. The third-order valence-corrected chi connectivity index (χ3v) is 6.51. The summed E-state index contributed by atoms with van der Waals surface area (Å²) in [4.78, 5) is 22.6. The number of carbonyl (C=O) groups excluding carboxylic acids is 2. The molecule has 4 rings (SSSR count). The van der Waals surface area contributed by atoms with Crippen molar-refractivity contribution in [2.45, 2.75) is 18.2 Å². The van der Waals surface area contributed by atoms with Crippen molar-refractivity contribution in [3.05, 3.63) is 104 Å². The predicted octanol–water partition coefficient (Wildman–Crippen LogP) is 6.66. The average molecular weight is 559 g/mol. The van der Waals surface area contributed by atoms with E-state index in [9.17, 15) is 22.6 Å². The van der Waals surface area contributed by atoms with Gasteiger partial charge in [0.15, 0.2) is 0 Å². The highest BCUT2D eigenvalue weighted by atomic mass is 32.2. The molecular formula is C30H26N2O7S. The van der Waals surface area contributed by atoms with Gasteiger partial charge in [-0.2, -0.15) is 8.42 Å². The van der Waals surface area contributed by atoms with Crippen molar-refractivity contribution in [1.29, 1.82) is 0 Å². The van der Waals surface area contributed by atoms with Gasteiger partial charge in [-0.25, -0.2) is 0 Å². The van der Waals surface area contributed by atoms with Gasteiger partial charge in [-0.05, 0) is 90.0 Å². The van der Waals surface area contributed by atoms with Gasteiger partial charge in [-0.1, -0.05) is 31.7 Å². The summed E-state index contributed by atoms with van der Waals surface area (Å²) in [7, 11) is -4.61. The van der Waals surface area contributed by atoms with E-state index in [4.69, 9.17) is 9.47 Å². The maximum Gasteiger partial charge on any atom is 0.298 e. The minimum Gasteiger partial charge on any atom is -0.457 e. The summed E-state index contributed by atoms with van der Waals surface area (Å²) in [6.45, 7) is 5.15. The highest BCUT2D eigenvalue weighted by Gasteiger charge is 2.19. The molecule has 4 aromatic rings. The van der Waals surface area contributed by atoms with Crippen molar-refractivity contribution in [3.8, 4) is 34.1 Å². The molecule has 10 heteroatoms. The van der Waals surface area contributed by atoms with E-state index in [1.165, 1.54) is 18.2 Å². The van der Waals surface area contributed by atoms with Crippen molar-refractivity contribution in [2.75, 3.05) is 10.6 Å². The van der Waals surface area contributed by atoms with E-state index in [2.05, 4.69) is 17.2 Å². The molecule has 0 saturated heterocycles. The molecule has 0 bridgehead atoms. The van der Waals surface area contributed by atoms with Gasteiger partial charge in [0.25, 0.3) is 10.1 Å². The Hall–Kier alpha value is -4.93. The SMILES string of the molecule is C=CC(=O)Nc1ccc(Oc2ccc(-c3ccc(Oc4ccc(NC(=O)CC)cc4)c(S(=O)(=O)O)c3)cc2)cc1. The third-order valence-electron chi connectivity index (χ3n) is 5.64. The molecule has 0 aromatic heterocycles. The number of hydrogen-bond donors (Lipinski definition) is 3. The smallest absolute Gasteiger partial charge is 0.298 e. The molecule has 0 saturated carbocycles. The molecule has 0 unspecified atom stereocenters. The second-order valence-corrected chi connectivity index (χ2v) is 9.90. The van der Waals surface area contributed by atoms with Gasteiger partial charge in [0.05, 0.1) is 0 Å². The maximum atomic E-state index is 12.2. The summed E-state index contributed by atoms with van der Waals surface area (Å²) in [5.41, 5.74) is 2.40. The average Bonchev–Trinajstić information content (AvgIpc) is 2.95. The molecule has 0 atom stereocenters. The fraction of sp³-hybridized carbons (Fsp3) is 0.0667. The Balaban J connectivity index is 1.49. The summed E-state index contributed by atoms with van der Waals surface area (Å²) < 4.78 is 45.8. The standard InChI is InChI=1S/C30H26N2O7S/c1-3-29(33)31-22-8-14-25(15-9-22)38-24-12-5-20(6-13-24)21-7-18-27(28(19-21)40(35,36)37)39-26-16-10-23(11-17-26)32-30(34)4-2/h3,5-19H,1,4H2,2H3,(H,31,33)(H,32,34)(H,35,36,37). The van der Waals surface area contributed by atoms with Crippen LogP contribution in [0.1, 0.15) is 13.3 Å². The largest absolute Gasteiger partial charge is 0.457 e. The number of anilines is 2. The second kappa shape index (κ2) is 12.3. The Morgan fingerprint density at radius 1 is 0.775 bits per heavy atom. The van der Waals surface area contributed by atoms with Gasteiger partial charge in [0.2, 0.25) is 11.8 Å². The summed E-state index contributed by atoms with van der Waals surface area (Å²) in [5, 5.41) is 5.37. The lowest BCUT2D eigenvalue weighted by Gasteiger charge is -2.13. The first kappa shape index (κ1) is 28.1. The van der Waals surface area contributed by atoms with Crippen molar-refractivity contribution in [1.82, 2.24) is 0 Å². The summed E-state index contributed by atoms with van der Waals surface area (Å²) >= 11 is 0. The van der Waals surface area contributed by atoms with Crippen LogP contribution in [0, 0.1) is 0 Å². The van der Waals surface area contributed by atoms with E-state index >= 15 is 0 Å². The Kier molecular flexibility index (Phi) is 8.63. The Bertz CT molecular complexity index is 1630. The highest BCUT2D eigenvalue weighted by Crippen LogP contribution is 2.34. The molecule has 3 N–H and O–H groups in total. The molecule has 0 aliphatic rings. The number of amides is 2. The first-order chi connectivity index (χ1) is 19.1. The van der Waals surface area contributed by atoms with Crippen LogP contribution in [-0.2, 0) is 19.7 Å². The molecule has 9 nitrogen and oxygen atoms in total. The summed E-state index contributed by atoms with van der Waals surface area (Å²) in [5.74, 6) is 0.922.